The van der Waals surface area contributed by atoms with Crippen molar-refractivity contribution in [1.82, 2.24) is 4.90 Å². The standard InChI is InChI=1S/C10H15NO4/c1-10(2)5-11(8(12)9(13)14)7-4-15-3-6(7)10/h6-7H,3-5H2,1-2H3,(H,13,14). The van der Waals surface area contributed by atoms with E-state index in [1.807, 2.05) is 0 Å². The number of carboxylic acids is 1. The first-order chi connectivity index (χ1) is 6.93. The van der Waals surface area contributed by atoms with Gasteiger partial charge in [0.1, 0.15) is 0 Å². The molecule has 0 radical (unpaired) electrons. The smallest absolute Gasteiger partial charge is 0.394 e. The fourth-order valence-corrected chi connectivity index (χ4v) is 2.62. The van der Waals surface area contributed by atoms with E-state index < -0.39 is 11.9 Å². The summed E-state index contributed by atoms with van der Waals surface area (Å²) >= 11 is 0. The number of fused-ring (bicyclic) bond motifs is 1. The molecule has 5 nitrogen and oxygen atoms in total. The van der Waals surface area contributed by atoms with Crippen LogP contribution in [-0.2, 0) is 14.3 Å². The molecule has 2 heterocycles. The molecule has 2 rings (SSSR count). The van der Waals surface area contributed by atoms with Gasteiger partial charge in [0.2, 0.25) is 0 Å². The van der Waals surface area contributed by atoms with Crippen molar-refractivity contribution in [3.8, 4) is 0 Å². The lowest BCUT2D eigenvalue weighted by atomic mass is 9.80. The lowest BCUT2D eigenvalue weighted by molar-refractivity contribution is -0.156. The Morgan fingerprint density at radius 1 is 1.40 bits per heavy atom. The SMILES string of the molecule is CC1(C)CN(C(=O)C(=O)O)C2COCC21. The number of carbonyl (C=O) groups is 2. The minimum absolute atomic E-state index is 0.0493. The number of ether oxygens (including phenoxy) is 1. The number of rotatable bonds is 0. The molecule has 2 atom stereocenters. The zero-order valence-electron chi connectivity index (χ0n) is 8.90. The Labute approximate surface area is 88.0 Å². The molecule has 0 bridgehead atoms. The van der Waals surface area contributed by atoms with E-state index in [1.165, 1.54) is 4.90 Å². The number of hydrogen-bond acceptors (Lipinski definition) is 3. The number of carboxylic acid groups (broad SMARTS) is 1. The molecule has 0 spiro atoms. The first-order valence-corrected chi connectivity index (χ1v) is 5.05. The van der Waals surface area contributed by atoms with Crippen LogP contribution >= 0.6 is 0 Å². The molecule has 84 valence electrons. The molecule has 15 heavy (non-hydrogen) atoms. The van der Waals surface area contributed by atoms with Gasteiger partial charge >= 0.3 is 11.9 Å². The van der Waals surface area contributed by atoms with Gasteiger partial charge in [0.15, 0.2) is 0 Å². The number of hydrogen-bond donors (Lipinski definition) is 1. The first kappa shape index (κ1) is 10.4. The summed E-state index contributed by atoms with van der Waals surface area (Å²) in [5.41, 5.74) is -0.0493. The second kappa shape index (κ2) is 3.20. The highest BCUT2D eigenvalue weighted by atomic mass is 16.5. The Balaban J connectivity index is 2.22. The van der Waals surface area contributed by atoms with Crippen LogP contribution in [0.2, 0.25) is 0 Å². The van der Waals surface area contributed by atoms with E-state index in [0.717, 1.165) is 0 Å². The molecule has 0 saturated carbocycles. The van der Waals surface area contributed by atoms with Crippen molar-refractivity contribution >= 4 is 11.9 Å². The van der Waals surface area contributed by atoms with Crippen molar-refractivity contribution in [2.75, 3.05) is 19.8 Å². The summed E-state index contributed by atoms with van der Waals surface area (Å²) in [6.45, 7) is 5.70. The van der Waals surface area contributed by atoms with Crippen molar-refractivity contribution in [2.24, 2.45) is 11.3 Å². The molecular weight excluding hydrogens is 198 g/mol. The molecular formula is C10H15NO4. The maximum atomic E-state index is 11.4. The molecule has 2 aliphatic heterocycles. The summed E-state index contributed by atoms with van der Waals surface area (Å²) in [6.07, 6.45) is 0. The summed E-state index contributed by atoms with van der Waals surface area (Å²) in [6, 6.07) is -0.0522. The van der Waals surface area contributed by atoms with Gasteiger partial charge in [-0.05, 0) is 5.41 Å². The Bertz CT molecular complexity index is 313. The van der Waals surface area contributed by atoms with Crippen LogP contribution in [-0.4, -0.2) is 47.7 Å². The van der Waals surface area contributed by atoms with Crippen LogP contribution in [0, 0.1) is 11.3 Å². The molecule has 2 saturated heterocycles. The Kier molecular flexibility index (Phi) is 2.22. The van der Waals surface area contributed by atoms with Gasteiger partial charge in [0.05, 0.1) is 19.3 Å². The summed E-state index contributed by atoms with van der Waals surface area (Å²) in [5.74, 6) is -1.92. The average Bonchev–Trinajstić information content (AvgIpc) is 2.68. The Morgan fingerprint density at radius 3 is 2.67 bits per heavy atom. The van der Waals surface area contributed by atoms with Gasteiger partial charge < -0.3 is 14.7 Å². The highest BCUT2D eigenvalue weighted by Gasteiger charge is 2.52. The molecule has 2 fully saturated rings. The zero-order chi connectivity index (χ0) is 11.2. The third kappa shape index (κ3) is 1.51. The fourth-order valence-electron chi connectivity index (χ4n) is 2.62. The number of carbonyl (C=O) groups excluding carboxylic acids is 1. The minimum atomic E-state index is -1.38. The lowest BCUT2D eigenvalue weighted by Gasteiger charge is -2.22. The zero-order valence-corrected chi connectivity index (χ0v) is 8.90. The van der Waals surface area contributed by atoms with E-state index >= 15 is 0 Å². The maximum Gasteiger partial charge on any atom is 0.394 e. The number of aliphatic carboxylic acids is 1. The predicted molar refractivity (Wildman–Crippen MR) is 51.2 cm³/mol. The normalized spacial score (nSPS) is 32.8. The van der Waals surface area contributed by atoms with Crippen LogP contribution in [0.1, 0.15) is 13.8 Å². The third-order valence-corrected chi connectivity index (χ3v) is 3.48. The minimum Gasteiger partial charge on any atom is -0.474 e. The monoisotopic (exact) mass is 213 g/mol. The largest absolute Gasteiger partial charge is 0.474 e. The van der Waals surface area contributed by atoms with Crippen LogP contribution in [0.3, 0.4) is 0 Å². The highest BCUT2D eigenvalue weighted by Crippen LogP contribution is 2.43. The first-order valence-electron chi connectivity index (χ1n) is 5.05. The summed E-state index contributed by atoms with van der Waals surface area (Å²) in [5, 5.41) is 8.70. The molecule has 1 N–H and O–H groups in total. The van der Waals surface area contributed by atoms with E-state index in [2.05, 4.69) is 13.8 Å². The van der Waals surface area contributed by atoms with Gasteiger partial charge in [0.25, 0.3) is 0 Å². The second-order valence-corrected chi connectivity index (χ2v) is 4.94. The van der Waals surface area contributed by atoms with Gasteiger partial charge in [-0.15, -0.1) is 0 Å². The maximum absolute atomic E-state index is 11.4. The summed E-state index contributed by atoms with van der Waals surface area (Å²) < 4.78 is 5.32. The van der Waals surface area contributed by atoms with Crippen molar-refractivity contribution < 1.29 is 19.4 Å². The van der Waals surface area contributed by atoms with Gasteiger partial charge in [-0.1, -0.05) is 13.8 Å². The molecule has 1 amide bonds. The van der Waals surface area contributed by atoms with E-state index in [4.69, 9.17) is 9.84 Å². The quantitative estimate of drug-likeness (QED) is 0.573. The van der Waals surface area contributed by atoms with Crippen molar-refractivity contribution in [3.63, 3.8) is 0 Å². The van der Waals surface area contributed by atoms with Gasteiger partial charge in [0, 0.05) is 12.5 Å². The van der Waals surface area contributed by atoms with E-state index in [1.54, 1.807) is 0 Å². The van der Waals surface area contributed by atoms with Crippen molar-refractivity contribution in [1.29, 1.82) is 0 Å². The molecule has 5 heteroatoms. The Morgan fingerprint density at radius 2 is 2.07 bits per heavy atom. The highest BCUT2D eigenvalue weighted by molar-refractivity contribution is 6.31. The molecule has 0 aromatic heterocycles. The number of amides is 1. The number of likely N-dealkylation sites (tertiary alicyclic amines) is 1. The van der Waals surface area contributed by atoms with E-state index in [0.29, 0.717) is 19.8 Å². The fraction of sp³-hybridized carbons (Fsp3) is 0.800. The third-order valence-electron chi connectivity index (χ3n) is 3.48. The predicted octanol–water partition coefficient (Wildman–Crippen LogP) is -0.0456. The molecule has 0 aromatic rings. The average molecular weight is 213 g/mol. The lowest BCUT2D eigenvalue weighted by Crippen LogP contribution is -2.42. The van der Waals surface area contributed by atoms with Gasteiger partial charge in [-0.3, -0.25) is 4.79 Å². The van der Waals surface area contributed by atoms with Gasteiger partial charge in [-0.25, -0.2) is 4.79 Å². The Hall–Kier alpha value is -1.10. The van der Waals surface area contributed by atoms with Crippen LogP contribution in [0.15, 0.2) is 0 Å². The van der Waals surface area contributed by atoms with Crippen LogP contribution in [0.4, 0.5) is 0 Å². The van der Waals surface area contributed by atoms with E-state index in [-0.39, 0.29) is 17.4 Å². The van der Waals surface area contributed by atoms with Crippen LogP contribution in [0.5, 0.6) is 0 Å². The second-order valence-electron chi connectivity index (χ2n) is 4.94. The van der Waals surface area contributed by atoms with Crippen LogP contribution in [0.25, 0.3) is 0 Å². The summed E-state index contributed by atoms with van der Waals surface area (Å²) in [4.78, 5) is 23.5. The topological polar surface area (TPSA) is 66.8 Å². The van der Waals surface area contributed by atoms with Gasteiger partial charge in [-0.2, -0.15) is 0 Å². The van der Waals surface area contributed by atoms with Crippen molar-refractivity contribution in [3.05, 3.63) is 0 Å². The molecule has 0 aromatic carbocycles. The number of nitrogens with zero attached hydrogens (tertiary/aromatic N) is 1. The van der Waals surface area contributed by atoms with E-state index in [9.17, 15) is 9.59 Å². The van der Waals surface area contributed by atoms with Crippen molar-refractivity contribution in [2.45, 2.75) is 19.9 Å². The van der Waals surface area contributed by atoms with Crippen LogP contribution < -0.4 is 0 Å². The molecule has 2 aliphatic rings. The molecule has 2 unspecified atom stereocenters. The molecule has 0 aliphatic carbocycles. The summed E-state index contributed by atoms with van der Waals surface area (Å²) in [7, 11) is 0.